The maximum atomic E-state index is 13.9. The number of carbonyl (C=O) groups is 2. The second-order valence-electron chi connectivity index (χ2n) is 13.0. The van der Waals surface area contributed by atoms with E-state index in [0.717, 1.165) is 22.4 Å². The van der Waals surface area contributed by atoms with E-state index in [1.807, 2.05) is 76.2 Å². The van der Waals surface area contributed by atoms with Gasteiger partial charge in [-0.25, -0.2) is 8.42 Å². The van der Waals surface area contributed by atoms with Gasteiger partial charge in [0.2, 0.25) is 21.8 Å². The van der Waals surface area contributed by atoms with E-state index in [2.05, 4.69) is 5.32 Å². The van der Waals surface area contributed by atoms with Crippen LogP contribution in [0, 0.1) is 19.8 Å². The molecule has 1 saturated heterocycles. The van der Waals surface area contributed by atoms with Gasteiger partial charge in [-0.05, 0) is 60.6 Å². The number of ether oxygens (including phenoxy) is 1. The molecule has 49 heavy (non-hydrogen) atoms. The van der Waals surface area contributed by atoms with Crippen molar-refractivity contribution in [2.75, 3.05) is 57.4 Å². The van der Waals surface area contributed by atoms with Crippen LogP contribution in [0.4, 0.5) is 5.69 Å². The summed E-state index contributed by atoms with van der Waals surface area (Å²) in [6.07, 6.45) is -1.01. The quantitative estimate of drug-likeness (QED) is 0.208. The van der Waals surface area contributed by atoms with E-state index in [1.54, 1.807) is 21.9 Å². The number of aliphatic hydroxyl groups excluding tert-OH is 2. The summed E-state index contributed by atoms with van der Waals surface area (Å²) in [6, 6.07) is 20.4. The average Bonchev–Trinajstić information content (AvgIpc) is 3.08. The fourth-order valence-corrected chi connectivity index (χ4v) is 7.72. The molecule has 0 unspecified atom stereocenters. The first kappa shape index (κ1) is 38.0. The SMILES string of the molecule is Cc1cccc(C)c1N(CC(=O)N[C@@H](Cc1ccccc1)[C@@H](O)CN(CC(C)C)S(=O)(=O)c1ccc(CO)cc1)CC(=O)N1CCOCC1. The molecule has 1 aliphatic rings. The Kier molecular flexibility index (Phi) is 13.7. The van der Waals surface area contributed by atoms with Crippen LogP contribution < -0.4 is 10.2 Å². The Bertz CT molecular complexity index is 1610. The number of aryl methyl sites for hydroxylation is 2. The molecule has 11 nitrogen and oxygen atoms in total. The molecule has 0 aromatic heterocycles. The molecule has 0 spiro atoms. The van der Waals surface area contributed by atoms with Gasteiger partial charge in [0.25, 0.3) is 0 Å². The maximum absolute atomic E-state index is 13.9. The summed E-state index contributed by atoms with van der Waals surface area (Å²) in [4.78, 5) is 30.9. The number of benzene rings is 3. The van der Waals surface area contributed by atoms with Crippen molar-refractivity contribution in [3.63, 3.8) is 0 Å². The fraction of sp³-hybridized carbons (Fsp3) is 0.459. The van der Waals surface area contributed by atoms with Gasteiger partial charge in [0, 0.05) is 31.9 Å². The van der Waals surface area contributed by atoms with Crippen molar-refractivity contribution in [3.05, 3.63) is 95.1 Å². The highest BCUT2D eigenvalue weighted by molar-refractivity contribution is 7.89. The summed E-state index contributed by atoms with van der Waals surface area (Å²) in [5, 5.41) is 24.1. The number of sulfonamides is 1. The molecule has 2 amide bonds. The Morgan fingerprint density at radius 1 is 0.878 bits per heavy atom. The minimum Gasteiger partial charge on any atom is -0.392 e. The van der Waals surface area contributed by atoms with Gasteiger partial charge in [-0.2, -0.15) is 4.31 Å². The van der Waals surface area contributed by atoms with Crippen LogP contribution in [-0.4, -0.2) is 104 Å². The highest BCUT2D eigenvalue weighted by atomic mass is 32.2. The van der Waals surface area contributed by atoms with Crippen LogP contribution in [0.1, 0.15) is 36.1 Å². The van der Waals surface area contributed by atoms with Gasteiger partial charge >= 0.3 is 0 Å². The van der Waals surface area contributed by atoms with Crippen molar-refractivity contribution in [2.24, 2.45) is 5.92 Å². The van der Waals surface area contributed by atoms with Crippen molar-refractivity contribution < 1.29 is 33.0 Å². The maximum Gasteiger partial charge on any atom is 0.243 e. The van der Waals surface area contributed by atoms with Crippen LogP contribution in [0.2, 0.25) is 0 Å². The van der Waals surface area contributed by atoms with Crippen molar-refractivity contribution in [2.45, 2.75) is 57.8 Å². The molecule has 12 heteroatoms. The van der Waals surface area contributed by atoms with E-state index in [-0.39, 0.29) is 55.9 Å². The summed E-state index contributed by atoms with van der Waals surface area (Å²) in [6.45, 7) is 9.09. The number of aliphatic hydroxyl groups is 2. The molecule has 1 aliphatic heterocycles. The minimum absolute atomic E-state index is 0.0134. The van der Waals surface area contributed by atoms with Gasteiger partial charge in [-0.3, -0.25) is 9.59 Å². The highest BCUT2D eigenvalue weighted by Crippen LogP contribution is 2.25. The number of nitrogens with zero attached hydrogens (tertiary/aromatic N) is 3. The number of morpholine rings is 1. The van der Waals surface area contributed by atoms with Crippen LogP contribution in [0.5, 0.6) is 0 Å². The zero-order valence-electron chi connectivity index (χ0n) is 28.9. The van der Waals surface area contributed by atoms with E-state index in [0.29, 0.717) is 31.9 Å². The predicted octanol–water partition coefficient (Wildman–Crippen LogP) is 2.90. The molecule has 3 aromatic carbocycles. The number of nitrogens with one attached hydrogen (secondary N) is 1. The number of para-hydroxylation sites is 1. The third-order valence-corrected chi connectivity index (χ3v) is 10.4. The van der Waals surface area contributed by atoms with Crippen molar-refractivity contribution in [1.82, 2.24) is 14.5 Å². The van der Waals surface area contributed by atoms with Crippen LogP contribution in [-0.2, 0) is 37.4 Å². The normalized spacial score (nSPS) is 14.9. The molecule has 0 radical (unpaired) electrons. The summed E-state index contributed by atoms with van der Waals surface area (Å²) >= 11 is 0. The van der Waals surface area contributed by atoms with Crippen LogP contribution in [0.15, 0.2) is 77.7 Å². The van der Waals surface area contributed by atoms with E-state index in [9.17, 15) is 28.2 Å². The van der Waals surface area contributed by atoms with Crippen LogP contribution >= 0.6 is 0 Å². The Balaban J connectivity index is 1.59. The van der Waals surface area contributed by atoms with E-state index >= 15 is 0 Å². The molecule has 1 heterocycles. The minimum atomic E-state index is -4.02. The van der Waals surface area contributed by atoms with E-state index < -0.39 is 28.1 Å². The van der Waals surface area contributed by atoms with Crippen molar-refractivity contribution >= 4 is 27.5 Å². The molecule has 3 N–H and O–H groups in total. The van der Waals surface area contributed by atoms with Gasteiger partial charge in [0.1, 0.15) is 0 Å². The first-order valence-electron chi connectivity index (χ1n) is 16.8. The molecule has 266 valence electrons. The second kappa shape index (κ2) is 17.7. The molecular formula is C37H50N4O7S. The topological polar surface area (TPSA) is 140 Å². The van der Waals surface area contributed by atoms with E-state index in [4.69, 9.17) is 4.74 Å². The van der Waals surface area contributed by atoms with Gasteiger partial charge in [-0.1, -0.05) is 74.5 Å². The molecule has 0 aliphatic carbocycles. The van der Waals surface area contributed by atoms with Crippen molar-refractivity contribution in [1.29, 1.82) is 0 Å². The van der Waals surface area contributed by atoms with Gasteiger partial charge in [0.05, 0.1) is 50.0 Å². The molecule has 1 fully saturated rings. The van der Waals surface area contributed by atoms with Gasteiger partial charge < -0.3 is 30.1 Å². The monoisotopic (exact) mass is 694 g/mol. The summed E-state index contributed by atoms with van der Waals surface area (Å²) in [7, 11) is -4.02. The Hall–Kier alpha value is -3.81. The lowest BCUT2D eigenvalue weighted by Gasteiger charge is -2.33. The first-order chi connectivity index (χ1) is 23.4. The predicted molar refractivity (Wildman–Crippen MR) is 190 cm³/mol. The number of anilines is 1. The molecule has 0 bridgehead atoms. The second-order valence-corrected chi connectivity index (χ2v) is 15.0. The number of hydrogen-bond acceptors (Lipinski definition) is 8. The lowest BCUT2D eigenvalue weighted by molar-refractivity contribution is -0.133. The highest BCUT2D eigenvalue weighted by Gasteiger charge is 2.32. The Labute approximate surface area is 290 Å². The molecular weight excluding hydrogens is 644 g/mol. The number of carbonyl (C=O) groups excluding carboxylic acids is 2. The Morgan fingerprint density at radius 3 is 2.10 bits per heavy atom. The number of amides is 2. The van der Waals surface area contributed by atoms with Crippen LogP contribution in [0.3, 0.4) is 0 Å². The zero-order valence-corrected chi connectivity index (χ0v) is 29.7. The Morgan fingerprint density at radius 2 is 1.51 bits per heavy atom. The molecule has 0 saturated carbocycles. The largest absolute Gasteiger partial charge is 0.392 e. The lowest BCUT2D eigenvalue weighted by Crippen LogP contribution is -2.53. The molecule has 3 aromatic rings. The first-order valence-corrected chi connectivity index (χ1v) is 18.2. The summed E-state index contributed by atoms with van der Waals surface area (Å²) < 4.78 is 34.3. The zero-order chi connectivity index (χ0) is 35.6. The third-order valence-electron chi connectivity index (χ3n) is 8.59. The fourth-order valence-electron chi connectivity index (χ4n) is 6.10. The van der Waals surface area contributed by atoms with Crippen LogP contribution in [0.25, 0.3) is 0 Å². The average molecular weight is 695 g/mol. The number of rotatable bonds is 16. The molecule has 4 rings (SSSR count). The summed E-state index contributed by atoms with van der Waals surface area (Å²) in [5.41, 5.74) is 4.08. The van der Waals surface area contributed by atoms with Gasteiger partial charge in [-0.15, -0.1) is 0 Å². The van der Waals surface area contributed by atoms with E-state index in [1.165, 1.54) is 16.4 Å². The molecule has 2 atom stereocenters. The summed E-state index contributed by atoms with van der Waals surface area (Å²) in [5.74, 6) is -0.563. The third kappa shape index (κ3) is 10.6. The van der Waals surface area contributed by atoms with Gasteiger partial charge in [0.15, 0.2) is 0 Å². The standard InChI is InChI=1S/C37H50N4O7S/c1-27(2)22-41(49(46,47)32-15-13-31(26-42)14-16-32)23-34(43)33(21-30-11-6-5-7-12-30)38-35(44)24-40(37-28(3)9-8-10-29(37)4)25-36(45)39-17-19-48-20-18-39/h5-16,27,33-34,42-43H,17-26H2,1-4H3,(H,38,44)/t33-,34-/m0/s1. The number of hydrogen-bond donors (Lipinski definition) is 3. The lowest BCUT2D eigenvalue weighted by atomic mass is 10.0. The van der Waals surface area contributed by atoms with Crippen molar-refractivity contribution in [3.8, 4) is 0 Å². The smallest absolute Gasteiger partial charge is 0.243 e.